The number of ether oxygens (including phenoxy) is 2. The number of aromatic nitrogens is 1. The van der Waals surface area contributed by atoms with Gasteiger partial charge in [0.05, 0.1) is 5.69 Å². The van der Waals surface area contributed by atoms with E-state index in [-0.39, 0.29) is 6.10 Å². The Hall–Kier alpha value is -2.15. The summed E-state index contributed by atoms with van der Waals surface area (Å²) in [5, 5.41) is 7.04. The van der Waals surface area contributed by atoms with Gasteiger partial charge in [0.1, 0.15) is 17.7 Å². The van der Waals surface area contributed by atoms with Crippen LogP contribution in [0.5, 0.6) is 5.75 Å². The van der Waals surface area contributed by atoms with E-state index >= 15 is 0 Å². The molecule has 6 rings (SSSR count). The van der Waals surface area contributed by atoms with Gasteiger partial charge >= 0.3 is 0 Å². The van der Waals surface area contributed by atoms with Gasteiger partial charge in [-0.2, -0.15) is 0 Å². The van der Waals surface area contributed by atoms with Crippen molar-refractivity contribution < 1.29 is 9.47 Å². The minimum atomic E-state index is -0.0369. The molecule has 1 atom stereocenters. The van der Waals surface area contributed by atoms with E-state index in [0.717, 1.165) is 75.5 Å². The van der Waals surface area contributed by atoms with Gasteiger partial charge in [0.15, 0.2) is 0 Å². The molecule has 1 aromatic carbocycles. The van der Waals surface area contributed by atoms with Crippen LogP contribution in [0, 0.1) is 6.92 Å². The quantitative estimate of drug-likeness (QED) is 0.787. The first-order valence-corrected chi connectivity index (χ1v) is 11.8. The van der Waals surface area contributed by atoms with Gasteiger partial charge in [0.2, 0.25) is 0 Å². The Labute approximate surface area is 184 Å². The molecule has 0 aliphatic carbocycles. The number of anilines is 2. The van der Waals surface area contributed by atoms with Crippen LogP contribution in [0.2, 0.25) is 0 Å². The number of pyridine rings is 1. The summed E-state index contributed by atoms with van der Waals surface area (Å²) in [6, 6.07) is 7.55. The molecule has 164 valence electrons. The zero-order valence-electron chi connectivity index (χ0n) is 18.5. The fourth-order valence-corrected chi connectivity index (χ4v) is 5.58. The number of hydrogen-bond acceptors (Lipinski definition) is 6. The number of rotatable bonds is 3. The molecule has 4 aliphatic rings. The topological polar surface area (TPSA) is 58.7 Å². The maximum atomic E-state index is 6.57. The summed E-state index contributed by atoms with van der Waals surface area (Å²) in [5.74, 6) is 3.03. The molecule has 31 heavy (non-hydrogen) atoms. The molecule has 2 N–H and O–H groups in total. The number of likely N-dealkylation sites (tertiary alicyclic amines) is 1. The second-order valence-electron chi connectivity index (χ2n) is 9.61. The highest BCUT2D eigenvalue weighted by molar-refractivity contribution is 5.72. The average molecular weight is 421 g/mol. The predicted octanol–water partition coefficient (Wildman–Crippen LogP) is 3.85. The highest BCUT2D eigenvalue weighted by Gasteiger charge is 2.36. The molecule has 0 amide bonds. The van der Waals surface area contributed by atoms with Crippen molar-refractivity contribution in [3.63, 3.8) is 0 Å². The highest BCUT2D eigenvalue weighted by atomic mass is 16.5. The van der Waals surface area contributed by atoms with Gasteiger partial charge in [-0.1, -0.05) is 6.07 Å². The first-order valence-electron chi connectivity index (χ1n) is 11.8. The van der Waals surface area contributed by atoms with Crippen molar-refractivity contribution in [1.82, 2.24) is 15.2 Å². The number of nitrogens with one attached hydrogen (secondary N) is 2. The van der Waals surface area contributed by atoms with Crippen molar-refractivity contribution in [2.24, 2.45) is 0 Å². The second kappa shape index (κ2) is 7.76. The highest BCUT2D eigenvalue weighted by Crippen LogP contribution is 2.45. The fourth-order valence-electron chi connectivity index (χ4n) is 5.58. The van der Waals surface area contributed by atoms with E-state index in [9.17, 15) is 0 Å². The molecule has 6 heteroatoms. The van der Waals surface area contributed by atoms with Crippen LogP contribution in [0.4, 0.5) is 11.5 Å². The van der Waals surface area contributed by atoms with Crippen molar-refractivity contribution in [2.75, 3.05) is 44.7 Å². The normalized spacial score (nSPS) is 24.8. The summed E-state index contributed by atoms with van der Waals surface area (Å²) in [6.45, 7) is 10.6. The van der Waals surface area contributed by atoms with Crippen molar-refractivity contribution in [2.45, 2.75) is 50.7 Å². The lowest BCUT2D eigenvalue weighted by Gasteiger charge is -2.48. The summed E-state index contributed by atoms with van der Waals surface area (Å²) in [5.41, 5.74) is 6.24. The SMILES string of the molecule is Cc1cc(C2CN(C3CNC3)C2)cc2c1O[C@H](C)c1c(C3CCOCC3)ccnc1N2. The summed E-state index contributed by atoms with van der Waals surface area (Å²) in [4.78, 5) is 7.34. The first-order chi connectivity index (χ1) is 15.2. The number of aryl methyl sites for hydroxylation is 1. The van der Waals surface area contributed by atoms with E-state index < -0.39 is 0 Å². The van der Waals surface area contributed by atoms with Gasteiger partial charge in [0.25, 0.3) is 0 Å². The molecule has 0 radical (unpaired) electrons. The van der Waals surface area contributed by atoms with Crippen molar-refractivity contribution >= 4 is 11.5 Å². The molecule has 5 heterocycles. The lowest BCUT2D eigenvalue weighted by molar-refractivity contribution is 0.0613. The number of nitrogens with zero attached hydrogens (tertiary/aromatic N) is 2. The summed E-state index contributed by atoms with van der Waals surface area (Å²) in [6.07, 6.45) is 4.04. The van der Waals surface area contributed by atoms with E-state index in [4.69, 9.17) is 14.5 Å². The third-order valence-corrected chi connectivity index (χ3v) is 7.59. The lowest BCUT2D eigenvalue weighted by Crippen LogP contribution is -2.63. The van der Waals surface area contributed by atoms with Gasteiger partial charge < -0.3 is 20.1 Å². The second-order valence-corrected chi connectivity index (χ2v) is 9.61. The lowest BCUT2D eigenvalue weighted by atomic mass is 9.87. The van der Waals surface area contributed by atoms with E-state index in [1.54, 1.807) is 0 Å². The van der Waals surface area contributed by atoms with Crippen LogP contribution in [0.15, 0.2) is 24.4 Å². The van der Waals surface area contributed by atoms with E-state index in [2.05, 4.69) is 47.6 Å². The summed E-state index contributed by atoms with van der Waals surface area (Å²) >= 11 is 0. The van der Waals surface area contributed by atoms with Crippen LogP contribution in [0.3, 0.4) is 0 Å². The Morgan fingerprint density at radius 2 is 1.90 bits per heavy atom. The molecule has 0 saturated carbocycles. The van der Waals surface area contributed by atoms with Crippen LogP contribution in [0.25, 0.3) is 0 Å². The third-order valence-electron chi connectivity index (χ3n) is 7.59. The van der Waals surface area contributed by atoms with Gasteiger partial charge in [-0.3, -0.25) is 4.90 Å². The molecule has 0 bridgehead atoms. The molecule has 2 aromatic rings. The Morgan fingerprint density at radius 1 is 1.10 bits per heavy atom. The Morgan fingerprint density at radius 3 is 2.65 bits per heavy atom. The first kappa shape index (κ1) is 19.5. The molecule has 4 aliphatic heterocycles. The maximum Gasteiger partial charge on any atom is 0.146 e. The third kappa shape index (κ3) is 3.41. The molecule has 0 unspecified atom stereocenters. The molecule has 1 aromatic heterocycles. The van der Waals surface area contributed by atoms with Crippen LogP contribution in [-0.2, 0) is 4.74 Å². The Balaban J connectivity index is 1.30. The van der Waals surface area contributed by atoms with Crippen LogP contribution < -0.4 is 15.4 Å². The smallest absolute Gasteiger partial charge is 0.146 e. The Bertz CT molecular complexity index is 978. The monoisotopic (exact) mass is 420 g/mol. The molecular weight excluding hydrogens is 388 g/mol. The molecule has 6 nitrogen and oxygen atoms in total. The minimum Gasteiger partial charge on any atom is -0.483 e. The number of benzene rings is 1. The predicted molar refractivity (Wildman–Crippen MR) is 122 cm³/mol. The zero-order valence-corrected chi connectivity index (χ0v) is 18.5. The zero-order chi connectivity index (χ0) is 20.9. The van der Waals surface area contributed by atoms with Crippen LogP contribution >= 0.6 is 0 Å². The largest absolute Gasteiger partial charge is 0.483 e. The molecule has 0 spiro atoms. The Kier molecular flexibility index (Phi) is 4.89. The standard InChI is InChI=1S/C25H32N4O2/c1-15-9-18(19-13-29(14-19)20-11-26-12-20)10-22-24(15)31-16(2)23-21(3-6-27-25(23)28-22)17-4-7-30-8-5-17/h3,6,9-10,16-17,19-20,26H,4-5,7-8,11-14H2,1-2H3,(H,27,28)/t16-/m1/s1. The van der Waals surface area contributed by atoms with E-state index in [1.165, 1.54) is 22.3 Å². The van der Waals surface area contributed by atoms with Gasteiger partial charge in [0, 0.05) is 63.1 Å². The summed E-state index contributed by atoms with van der Waals surface area (Å²) < 4.78 is 12.2. The van der Waals surface area contributed by atoms with Crippen molar-refractivity contribution in [3.8, 4) is 5.75 Å². The molecular formula is C25H32N4O2. The average Bonchev–Trinajstić information content (AvgIpc) is 2.86. The van der Waals surface area contributed by atoms with Crippen molar-refractivity contribution in [1.29, 1.82) is 0 Å². The van der Waals surface area contributed by atoms with Crippen molar-refractivity contribution in [3.05, 3.63) is 46.6 Å². The van der Waals surface area contributed by atoms with Crippen LogP contribution in [-0.4, -0.2) is 55.3 Å². The van der Waals surface area contributed by atoms with E-state index in [0.29, 0.717) is 11.8 Å². The van der Waals surface area contributed by atoms with Gasteiger partial charge in [-0.05, 0) is 61.4 Å². The van der Waals surface area contributed by atoms with Gasteiger partial charge in [-0.15, -0.1) is 0 Å². The maximum absolute atomic E-state index is 6.57. The summed E-state index contributed by atoms with van der Waals surface area (Å²) in [7, 11) is 0. The van der Waals surface area contributed by atoms with Gasteiger partial charge in [-0.25, -0.2) is 4.98 Å². The number of fused-ring (bicyclic) bond motifs is 2. The molecule has 3 fully saturated rings. The molecule has 3 saturated heterocycles. The van der Waals surface area contributed by atoms with Crippen LogP contribution in [0.1, 0.15) is 60.0 Å². The fraction of sp³-hybridized carbons (Fsp3) is 0.560. The minimum absolute atomic E-state index is 0.0369. The van der Waals surface area contributed by atoms with E-state index in [1.807, 2.05) is 6.20 Å². The number of hydrogen-bond donors (Lipinski definition) is 2.